The zero-order valence-electron chi connectivity index (χ0n) is 7.88. The Morgan fingerprint density at radius 3 is 2.87 bits per heavy atom. The second-order valence-electron chi connectivity index (χ2n) is 2.95. The van der Waals surface area contributed by atoms with Crippen LogP contribution in [0.5, 0.6) is 0 Å². The zero-order chi connectivity index (χ0) is 10.8. The fraction of sp³-hybridized carbons (Fsp3) is 0.111. The topological polar surface area (TPSA) is 60.7 Å². The fourth-order valence-corrected chi connectivity index (χ4v) is 1.56. The molecular formula is C9H7BrN4O. The quantitative estimate of drug-likeness (QED) is 0.767. The molecule has 15 heavy (non-hydrogen) atoms. The van der Waals surface area contributed by atoms with E-state index in [9.17, 15) is 4.79 Å². The van der Waals surface area contributed by atoms with Crippen molar-refractivity contribution >= 4 is 21.7 Å². The molecule has 0 aliphatic carbocycles. The summed E-state index contributed by atoms with van der Waals surface area (Å²) in [6, 6.07) is 0. The third-order valence-corrected chi connectivity index (χ3v) is 2.43. The Morgan fingerprint density at radius 2 is 2.27 bits per heavy atom. The van der Waals surface area contributed by atoms with Gasteiger partial charge in [0.2, 0.25) is 5.78 Å². The molecule has 0 bridgehead atoms. The van der Waals surface area contributed by atoms with Gasteiger partial charge in [0.15, 0.2) is 0 Å². The number of carbonyl (C=O) groups is 1. The predicted molar refractivity (Wildman–Crippen MR) is 56.4 cm³/mol. The van der Waals surface area contributed by atoms with Crippen LogP contribution in [0.15, 0.2) is 29.4 Å². The van der Waals surface area contributed by atoms with Crippen molar-refractivity contribution in [2.45, 2.75) is 0 Å². The number of nitrogens with zero attached hydrogens (tertiary/aromatic N) is 4. The molecule has 0 saturated heterocycles. The summed E-state index contributed by atoms with van der Waals surface area (Å²) in [4.78, 5) is 19.6. The molecule has 0 N–H and O–H groups in total. The first-order chi connectivity index (χ1) is 7.18. The molecule has 2 aromatic rings. The highest BCUT2D eigenvalue weighted by Gasteiger charge is 2.15. The first-order valence-electron chi connectivity index (χ1n) is 4.17. The van der Waals surface area contributed by atoms with Crippen molar-refractivity contribution < 1.29 is 4.79 Å². The normalized spacial score (nSPS) is 10.3. The minimum Gasteiger partial charge on any atom is -0.287 e. The summed E-state index contributed by atoms with van der Waals surface area (Å²) in [6.45, 7) is 0. The molecule has 5 nitrogen and oxygen atoms in total. The third-order valence-electron chi connectivity index (χ3n) is 1.85. The van der Waals surface area contributed by atoms with Gasteiger partial charge in [-0.3, -0.25) is 9.48 Å². The van der Waals surface area contributed by atoms with E-state index in [1.54, 1.807) is 17.9 Å². The number of ketones is 1. The minimum atomic E-state index is -0.169. The van der Waals surface area contributed by atoms with Gasteiger partial charge in [0, 0.05) is 19.4 Å². The summed E-state index contributed by atoms with van der Waals surface area (Å²) in [7, 11) is 1.76. The zero-order valence-corrected chi connectivity index (χ0v) is 9.47. The number of rotatable bonds is 2. The van der Waals surface area contributed by atoms with E-state index >= 15 is 0 Å². The van der Waals surface area contributed by atoms with Gasteiger partial charge in [-0.05, 0) is 15.9 Å². The number of hydrogen-bond donors (Lipinski definition) is 0. The van der Waals surface area contributed by atoms with Crippen molar-refractivity contribution in [3.63, 3.8) is 0 Å². The average molecular weight is 267 g/mol. The SMILES string of the molecule is Cn1cc(C(=O)c2ncncc2Br)cn1. The summed E-state index contributed by atoms with van der Waals surface area (Å²) >= 11 is 3.23. The van der Waals surface area contributed by atoms with Crippen LogP contribution in [0.3, 0.4) is 0 Å². The standard InChI is InChI=1S/C9H7BrN4O/c1-14-4-6(2-13-14)9(15)8-7(10)3-11-5-12-8/h2-5H,1H3. The number of aryl methyl sites for hydroxylation is 1. The number of halogens is 1. The number of carbonyl (C=O) groups excluding carboxylic acids is 1. The maximum atomic E-state index is 11.9. The van der Waals surface area contributed by atoms with E-state index in [0.29, 0.717) is 15.7 Å². The van der Waals surface area contributed by atoms with Crippen molar-refractivity contribution in [1.29, 1.82) is 0 Å². The summed E-state index contributed by atoms with van der Waals surface area (Å²) in [6.07, 6.45) is 6.04. The van der Waals surface area contributed by atoms with E-state index < -0.39 is 0 Å². The van der Waals surface area contributed by atoms with Gasteiger partial charge in [-0.15, -0.1) is 0 Å². The number of hydrogen-bond acceptors (Lipinski definition) is 4. The highest BCUT2D eigenvalue weighted by molar-refractivity contribution is 9.10. The van der Waals surface area contributed by atoms with Crippen molar-refractivity contribution in [2.24, 2.45) is 7.05 Å². The maximum absolute atomic E-state index is 11.9. The van der Waals surface area contributed by atoms with Gasteiger partial charge in [0.1, 0.15) is 12.0 Å². The lowest BCUT2D eigenvalue weighted by atomic mass is 10.2. The van der Waals surface area contributed by atoms with E-state index in [2.05, 4.69) is 31.0 Å². The largest absolute Gasteiger partial charge is 0.287 e. The number of aromatic nitrogens is 4. The van der Waals surface area contributed by atoms with Crippen LogP contribution >= 0.6 is 15.9 Å². The van der Waals surface area contributed by atoms with Crippen LogP contribution in [0.4, 0.5) is 0 Å². The molecule has 2 heterocycles. The molecule has 0 fully saturated rings. The minimum absolute atomic E-state index is 0.169. The average Bonchev–Trinajstić information content (AvgIpc) is 2.65. The van der Waals surface area contributed by atoms with E-state index in [0.717, 1.165) is 0 Å². The molecule has 0 aliphatic rings. The highest BCUT2D eigenvalue weighted by atomic mass is 79.9. The Bertz CT molecular complexity index is 508. The van der Waals surface area contributed by atoms with Gasteiger partial charge in [-0.2, -0.15) is 5.10 Å². The van der Waals surface area contributed by atoms with Crippen LogP contribution in [0.1, 0.15) is 16.1 Å². The molecule has 0 atom stereocenters. The molecule has 0 spiro atoms. The highest BCUT2D eigenvalue weighted by Crippen LogP contribution is 2.15. The van der Waals surface area contributed by atoms with Crippen molar-refractivity contribution in [3.05, 3.63) is 40.6 Å². The van der Waals surface area contributed by atoms with Gasteiger partial charge in [0.05, 0.1) is 16.2 Å². The Balaban J connectivity index is 2.41. The molecule has 0 aromatic carbocycles. The van der Waals surface area contributed by atoms with Gasteiger partial charge >= 0.3 is 0 Å². The summed E-state index contributed by atoms with van der Waals surface area (Å²) in [5, 5.41) is 3.93. The molecule has 0 unspecified atom stereocenters. The van der Waals surface area contributed by atoms with Crippen molar-refractivity contribution in [2.75, 3.05) is 0 Å². The fourth-order valence-electron chi connectivity index (χ4n) is 1.15. The van der Waals surface area contributed by atoms with Crippen LogP contribution in [0.25, 0.3) is 0 Å². The van der Waals surface area contributed by atoms with Gasteiger partial charge in [-0.1, -0.05) is 0 Å². The molecule has 6 heteroatoms. The van der Waals surface area contributed by atoms with Crippen LogP contribution in [0, 0.1) is 0 Å². The van der Waals surface area contributed by atoms with Crippen LogP contribution in [-0.4, -0.2) is 25.5 Å². The van der Waals surface area contributed by atoms with Gasteiger partial charge in [-0.25, -0.2) is 9.97 Å². The van der Waals surface area contributed by atoms with Crippen molar-refractivity contribution in [1.82, 2.24) is 19.7 Å². The molecule has 2 aromatic heterocycles. The van der Waals surface area contributed by atoms with Crippen LogP contribution in [0.2, 0.25) is 0 Å². The van der Waals surface area contributed by atoms with Crippen LogP contribution < -0.4 is 0 Å². The lowest BCUT2D eigenvalue weighted by Gasteiger charge is -1.98. The lowest BCUT2D eigenvalue weighted by molar-refractivity contribution is 0.103. The van der Waals surface area contributed by atoms with Crippen molar-refractivity contribution in [3.8, 4) is 0 Å². The first kappa shape index (κ1) is 9.97. The predicted octanol–water partition coefficient (Wildman–Crippen LogP) is 1.20. The molecule has 2 rings (SSSR count). The Morgan fingerprint density at radius 1 is 1.47 bits per heavy atom. The first-order valence-corrected chi connectivity index (χ1v) is 4.96. The molecule has 76 valence electrons. The van der Waals surface area contributed by atoms with Crippen LogP contribution in [-0.2, 0) is 7.05 Å². The Hall–Kier alpha value is -1.56. The van der Waals surface area contributed by atoms with Gasteiger partial charge < -0.3 is 0 Å². The molecular weight excluding hydrogens is 260 g/mol. The Kier molecular flexibility index (Phi) is 2.59. The smallest absolute Gasteiger partial charge is 0.215 e. The summed E-state index contributed by atoms with van der Waals surface area (Å²) in [5.41, 5.74) is 0.856. The molecule has 0 aliphatic heterocycles. The Labute approximate surface area is 94.3 Å². The maximum Gasteiger partial charge on any atom is 0.215 e. The second-order valence-corrected chi connectivity index (χ2v) is 3.81. The van der Waals surface area contributed by atoms with E-state index in [-0.39, 0.29) is 5.78 Å². The van der Waals surface area contributed by atoms with E-state index in [4.69, 9.17) is 0 Å². The summed E-state index contributed by atoms with van der Waals surface area (Å²) < 4.78 is 2.15. The second kappa shape index (κ2) is 3.90. The molecule has 0 saturated carbocycles. The summed E-state index contributed by atoms with van der Waals surface area (Å²) in [5.74, 6) is -0.169. The van der Waals surface area contributed by atoms with E-state index in [1.165, 1.54) is 18.7 Å². The molecule has 0 radical (unpaired) electrons. The van der Waals surface area contributed by atoms with Gasteiger partial charge in [0.25, 0.3) is 0 Å². The molecule has 0 amide bonds. The lowest BCUT2D eigenvalue weighted by Crippen LogP contribution is -2.04. The monoisotopic (exact) mass is 266 g/mol. The van der Waals surface area contributed by atoms with E-state index in [1.807, 2.05) is 0 Å². The third kappa shape index (κ3) is 1.94.